The van der Waals surface area contributed by atoms with Gasteiger partial charge in [-0.05, 0) is 49.1 Å². The number of sulfonamides is 1. The van der Waals surface area contributed by atoms with E-state index >= 15 is 0 Å². The maximum Gasteiger partial charge on any atom is 0.261 e. The quantitative estimate of drug-likeness (QED) is 0.758. The van der Waals surface area contributed by atoms with E-state index in [4.69, 9.17) is 0 Å². The monoisotopic (exact) mass is 398 g/mol. The molecule has 0 atom stereocenters. The standard InChI is InChI=1S/C21H22N2O4S/c24-20-18-7-3-4-8-19(18)21(25)23(20)14-13-15-9-11-16(12-10-15)22-28(26,27)17-5-1-2-6-17/h3-4,7-12,17,22H,1-2,5-6,13-14H2. The molecule has 2 aromatic rings. The lowest BCUT2D eigenvalue weighted by molar-refractivity contribution is 0.0656. The number of hydrogen-bond donors (Lipinski definition) is 1. The molecule has 0 aromatic heterocycles. The molecule has 1 aliphatic heterocycles. The van der Waals surface area contributed by atoms with Crippen LogP contribution in [0.1, 0.15) is 52.0 Å². The van der Waals surface area contributed by atoms with Crippen molar-refractivity contribution >= 4 is 27.5 Å². The molecule has 0 spiro atoms. The molecule has 28 heavy (non-hydrogen) atoms. The summed E-state index contributed by atoms with van der Waals surface area (Å²) in [6.07, 6.45) is 3.87. The van der Waals surface area contributed by atoms with E-state index in [1.54, 1.807) is 36.4 Å². The van der Waals surface area contributed by atoms with Crippen LogP contribution in [0, 0.1) is 0 Å². The number of nitrogens with zero attached hydrogens (tertiary/aromatic N) is 1. The number of fused-ring (bicyclic) bond motifs is 1. The summed E-state index contributed by atoms with van der Waals surface area (Å²) < 4.78 is 27.4. The Balaban J connectivity index is 1.38. The van der Waals surface area contributed by atoms with Gasteiger partial charge < -0.3 is 0 Å². The normalized spacial score (nSPS) is 17.2. The number of hydrogen-bond acceptors (Lipinski definition) is 4. The van der Waals surface area contributed by atoms with Gasteiger partial charge in [-0.1, -0.05) is 37.1 Å². The summed E-state index contributed by atoms with van der Waals surface area (Å²) in [5.41, 5.74) is 2.37. The largest absolute Gasteiger partial charge is 0.283 e. The highest BCUT2D eigenvalue weighted by atomic mass is 32.2. The Morgan fingerprint density at radius 1 is 0.893 bits per heavy atom. The van der Waals surface area contributed by atoms with Crippen LogP contribution in [0.3, 0.4) is 0 Å². The summed E-state index contributed by atoms with van der Waals surface area (Å²) in [5.74, 6) is -0.525. The van der Waals surface area contributed by atoms with Crippen molar-refractivity contribution in [3.63, 3.8) is 0 Å². The minimum absolute atomic E-state index is 0.262. The first-order chi connectivity index (χ1) is 13.5. The van der Waals surface area contributed by atoms with Crippen LogP contribution >= 0.6 is 0 Å². The van der Waals surface area contributed by atoms with Crippen molar-refractivity contribution in [1.82, 2.24) is 4.90 Å². The predicted octanol–water partition coefficient (Wildman–Crippen LogP) is 3.21. The molecule has 2 amide bonds. The first-order valence-electron chi connectivity index (χ1n) is 9.51. The van der Waals surface area contributed by atoms with Crippen LogP contribution in [-0.2, 0) is 16.4 Å². The Morgan fingerprint density at radius 3 is 2.04 bits per heavy atom. The fourth-order valence-corrected chi connectivity index (χ4v) is 5.45. The van der Waals surface area contributed by atoms with E-state index in [0.29, 0.717) is 42.6 Å². The molecular formula is C21H22N2O4S. The van der Waals surface area contributed by atoms with Gasteiger partial charge in [0.2, 0.25) is 10.0 Å². The number of anilines is 1. The third kappa shape index (κ3) is 3.54. The van der Waals surface area contributed by atoms with Gasteiger partial charge in [0.15, 0.2) is 0 Å². The molecular weight excluding hydrogens is 376 g/mol. The van der Waals surface area contributed by atoms with Crippen LogP contribution in [-0.4, -0.2) is 36.9 Å². The van der Waals surface area contributed by atoms with E-state index < -0.39 is 10.0 Å². The number of imide groups is 1. The van der Waals surface area contributed by atoms with Crippen LogP contribution in [0.5, 0.6) is 0 Å². The van der Waals surface area contributed by atoms with Crippen molar-refractivity contribution in [3.05, 3.63) is 65.2 Å². The zero-order valence-corrected chi connectivity index (χ0v) is 16.2. The van der Waals surface area contributed by atoms with Crippen molar-refractivity contribution in [2.45, 2.75) is 37.4 Å². The summed E-state index contributed by atoms with van der Waals surface area (Å²) in [5, 5.41) is -0.305. The van der Waals surface area contributed by atoms with Crippen LogP contribution in [0.25, 0.3) is 0 Å². The molecule has 7 heteroatoms. The van der Waals surface area contributed by atoms with E-state index in [1.807, 2.05) is 12.1 Å². The summed E-state index contributed by atoms with van der Waals surface area (Å²) >= 11 is 0. The van der Waals surface area contributed by atoms with Gasteiger partial charge in [-0.15, -0.1) is 0 Å². The van der Waals surface area contributed by atoms with E-state index in [-0.39, 0.29) is 17.1 Å². The molecule has 0 unspecified atom stereocenters. The average Bonchev–Trinajstić information content (AvgIpc) is 3.31. The molecule has 1 heterocycles. The van der Waals surface area contributed by atoms with Crippen LogP contribution < -0.4 is 4.72 Å². The Bertz CT molecular complexity index is 974. The maximum absolute atomic E-state index is 12.4. The van der Waals surface area contributed by atoms with Crippen molar-refractivity contribution in [1.29, 1.82) is 0 Å². The lowest BCUT2D eigenvalue weighted by atomic mass is 10.1. The molecule has 6 nitrogen and oxygen atoms in total. The second-order valence-corrected chi connectivity index (χ2v) is 9.27. The fraction of sp³-hybridized carbons (Fsp3) is 0.333. The number of rotatable bonds is 6. The minimum Gasteiger partial charge on any atom is -0.283 e. The SMILES string of the molecule is O=C1c2ccccc2C(=O)N1CCc1ccc(NS(=O)(=O)C2CCCC2)cc1. The van der Waals surface area contributed by atoms with Gasteiger partial charge in [0.1, 0.15) is 0 Å². The lowest BCUT2D eigenvalue weighted by Gasteiger charge is -2.15. The number of nitrogens with one attached hydrogen (secondary N) is 1. The summed E-state index contributed by atoms with van der Waals surface area (Å²) in [6.45, 7) is 0.291. The topological polar surface area (TPSA) is 83.6 Å². The average molecular weight is 398 g/mol. The van der Waals surface area contributed by atoms with Gasteiger partial charge in [0.05, 0.1) is 16.4 Å². The van der Waals surface area contributed by atoms with Crippen LogP contribution in [0.15, 0.2) is 48.5 Å². The molecule has 2 aromatic carbocycles. The number of benzene rings is 2. The molecule has 0 bridgehead atoms. The van der Waals surface area contributed by atoms with Crippen molar-refractivity contribution < 1.29 is 18.0 Å². The Hall–Kier alpha value is -2.67. The van der Waals surface area contributed by atoms with E-state index in [9.17, 15) is 18.0 Å². The second-order valence-electron chi connectivity index (χ2n) is 7.31. The van der Waals surface area contributed by atoms with Gasteiger partial charge in [0, 0.05) is 12.2 Å². The molecule has 146 valence electrons. The Kier molecular flexibility index (Phi) is 4.93. The number of amides is 2. The van der Waals surface area contributed by atoms with Crippen molar-refractivity contribution in [2.24, 2.45) is 0 Å². The molecule has 1 aliphatic carbocycles. The maximum atomic E-state index is 12.4. The molecule has 2 aliphatic rings. The number of carbonyl (C=O) groups is 2. The molecule has 0 saturated heterocycles. The third-order valence-corrected chi connectivity index (χ3v) is 7.33. The molecule has 1 saturated carbocycles. The van der Waals surface area contributed by atoms with Gasteiger partial charge in [-0.3, -0.25) is 19.2 Å². The van der Waals surface area contributed by atoms with Crippen LogP contribution in [0.2, 0.25) is 0 Å². The summed E-state index contributed by atoms with van der Waals surface area (Å²) in [7, 11) is -3.34. The highest BCUT2D eigenvalue weighted by Crippen LogP contribution is 2.26. The van der Waals surface area contributed by atoms with Gasteiger partial charge in [0.25, 0.3) is 11.8 Å². The minimum atomic E-state index is -3.34. The van der Waals surface area contributed by atoms with E-state index in [1.165, 1.54) is 4.90 Å². The molecule has 0 radical (unpaired) electrons. The summed E-state index contributed by atoms with van der Waals surface area (Å²) in [6, 6.07) is 13.9. The van der Waals surface area contributed by atoms with Crippen molar-refractivity contribution in [2.75, 3.05) is 11.3 Å². The second kappa shape index (κ2) is 7.39. The van der Waals surface area contributed by atoms with Gasteiger partial charge in [-0.25, -0.2) is 8.42 Å². The molecule has 1 fully saturated rings. The van der Waals surface area contributed by atoms with Crippen LogP contribution in [0.4, 0.5) is 5.69 Å². The molecule has 1 N–H and O–H groups in total. The molecule has 4 rings (SSSR count). The smallest absolute Gasteiger partial charge is 0.261 e. The zero-order valence-electron chi connectivity index (χ0n) is 15.4. The Labute approximate surface area is 164 Å². The van der Waals surface area contributed by atoms with Crippen molar-refractivity contribution in [3.8, 4) is 0 Å². The first-order valence-corrected chi connectivity index (χ1v) is 11.1. The lowest BCUT2D eigenvalue weighted by Crippen LogP contribution is -2.31. The van der Waals surface area contributed by atoms with Gasteiger partial charge in [-0.2, -0.15) is 0 Å². The Morgan fingerprint density at radius 2 is 1.46 bits per heavy atom. The highest BCUT2D eigenvalue weighted by molar-refractivity contribution is 7.93. The highest BCUT2D eigenvalue weighted by Gasteiger charge is 2.34. The summed E-state index contributed by atoms with van der Waals surface area (Å²) in [4.78, 5) is 26.1. The van der Waals surface area contributed by atoms with E-state index in [0.717, 1.165) is 18.4 Å². The predicted molar refractivity (Wildman–Crippen MR) is 107 cm³/mol. The van der Waals surface area contributed by atoms with Gasteiger partial charge >= 0.3 is 0 Å². The zero-order chi connectivity index (χ0) is 19.7. The third-order valence-electron chi connectivity index (χ3n) is 5.46. The fourth-order valence-electron chi connectivity index (χ4n) is 3.87. The first kappa shape index (κ1) is 18.7. The van der Waals surface area contributed by atoms with E-state index in [2.05, 4.69) is 4.72 Å². The number of carbonyl (C=O) groups excluding carboxylic acids is 2.